The van der Waals surface area contributed by atoms with Gasteiger partial charge in [0, 0.05) is 34.9 Å². The maximum absolute atomic E-state index is 13.5. The largest absolute Gasteiger partial charge is 0.477 e. The number of hydrogen-bond donors (Lipinski definition) is 3. The van der Waals surface area contributed by atoms with Crippen LogP contribution < -0.4 is 10.2 Å². The Morgan fingerprint density at radius 1 is 1.14 bits per heavy atom. The maximum atomic E-state index is 13.5. The number of aromatic nitrogens is 2. The molecule has 8 nitrogen and oxygen atoms in total. The summed E-state index contributed by atoms with van der Waals surface area (Å²) in [6.45, 7) is 6.05. The monoisotopic (exact) mass is 494 g/mol. The number of nitrogens with zero attached hydrogens (tertiary/aromatic N) is 2. The fraction of sp³-hybridized carbons (Fsp3) is 0.385. The molecule has 4 rings (SSSR count). The van der Waals surface area contributed by atoms with Gasteiger partial charge in [-0.3, -0.25) is 9.59 Å². The summed E-state index contributed by atoms with van der Waals surface area (Å²) in [6.07, 6.45) is 6.80. The molecule has 0 atom stereocenters. The Bertz CT molecular complexity index is 1190. The number of H-pyrrole nitrogens is 1. The highest BCUT2D eigenvalue weighted by Crippen LogP contribution is 2.40. The summed E-state index contributed by atoms with van der Waals surface area (Å²) in [7, 11) is 0. The zero-order valence-corrected chi connectivity index (χ0v) is 20.9. The molecule has 3 N–H and O–H groups in total. The number of carbonyl (C=O) groups is 3. The molecule has 1 aliphatic carbocycles. The minimum atomic E-state index is -1.05. The van der Waals surface area contributed by atoms with Crippen molar-refractivity contribution in [2.45, 2.75) is 52.5 Å². The van der Waals surface area contributed by atoms with Gasteiger partial charge in [0.25, 0.3) is 5.91 Å². The van der Waals surface area contributed by atoms with E-state index in [4.69, 9.17) is 0 Å². The maximum Gasteiger partial charge on any atom is 0.348 e. The van der Waals surface area contributed by atoms with Gasteiger partial charge in [-0.15, -0.1) is 11.3 Å². The number of amides is 2. The van der Waals surface area contributed by atoms with Crippen LogP contribution in [0.25, 0.3) is 10.4 Å². The number of aromatic amines is 1. The van der Waals surface area contributed by atoms with Gasteiger partial charge in [-0.05, 0) is 69.2 Å². The lowest BCUT2D eigenvalue weighted by molar-refractivity contribution is -0.123. The molecular weight excluding hydrogens is 464 g/mol. The summed E-state index contributed by atoms with van der Waals surface area (Å²) in [5.41, 5.74) is 1.85. The van der Waals surface area contributed by atoms with Crippen LogP contribution in [0.15, 0.2) is 42.7 Å². The third-order valence-corrected chi connectivity index (χ3v) is 7.59. The average Bonchev–Trinajstić information content (AvgIpc) is 3.51. The number of aromatic carboxylic acids is 1. The van der Waals surface area contributed by atoms with Crippen molar-refractivity contribution in [3.8, 4) is 10.4 Å². The van der Waals surface area contributed by atoms with Crippen LogP contribution in [0.5, 0.6) is 0 Å². The molecule has 35 heavy (non-hydrogen) atoms. The Morgan fingerprint density at radius 3 is 2.40 bits per heavy atom. The first-order valence-corrected chi connectivity index (χ1v) is 12.7. The number of carboxylic acids is 1. The molecule has 1 aromatic carbocycles. The van der Waals surface area contributed by atoms with Gasteiger partial charge in [0.1, 0.15) is 4.88 Å². The highest BCUT2D eigenvalue weighted by Gasteiger charge is 2.33. The molecule has 0 bridgehead atoms. The second-order valence-corrected chi connectivity index (χ2v) is 10.4. The minimum Gasteiger partial charge on any atom is -0.477 e. The quantitative estimate of drug-likeness (QED) is 0.392. The van der Waals surface area contributed by atoms with Crippen LogP contribution in [0.2, 0.25) is 0 Å². The van der Waals surface area contributed by atoms with Crippen LogP contribution in [0, 0.1) is 11.8 Å². The summed E-state index contributed by atoms with van der Waals surface area (Å²) >= 11 is 1.15. The van der Waals surface area contributed by atoms with Gasteiger partial charge >= 0.3 is 5.97 Å². The summed E-state index contributed by atoms with van der Waals surface area (Å²) in [6, 6.07) is 8.79. The molecule has 0 spiro atoms. The van der Waals surface area contributed by atoms with Crippen molar-refractivity contribution in [2.75, 3.05) is 10.2 Å². The van der Waals surface area contributed by atoms with Crippen molar-refractivity contribution in [2.24, 2.45) is 11.8 Å². The van der Waals surface area contributed by atoms with Gasteiger partial charge in [-0.1, -0.05) is 19.1 Å². The second-order valence-electron chi connectivity index (χ2n) is 9.36. The minimum absolute atomic E-state index is 0.00902. The predicted molar refractivity (Wildman–Crippen MR) is 137 cm³/mol. The standard InChI is InChI=1S/C26H30N4O4S/c1-15(2)30(25(32)18-6-4-16(3)5-7-18)20-14-21(35-22(20)26(33)34)17-8-10-19(11-9-17)29-24(31)23-27-12-13-28-23/h8-16,18H,4-7H2,1-3H3,(H,27,28)(H,29,31)(H,33,34)/t16-,18-. The van der Waals surface area contributed by atoms with Gasteiger partial charge in [-0.25, -0.2) is 9.78 Å². The Balaban J connectivity index is 1.59. The third-order valence-electron chi connectivity index (χ3n) is 6.43. The lowest BCUT2D eigenvalue weighted by Crippen LogP contribution is -2.42. The molecule has 184 valence electrons. The first kappa shape index (κ1) is 24.7. The number of hydrogen-bond acceptors (Lipinski definition) is 5. The van der Waals surface area contributed by atoms with Crippen LogP contribution in [0.1, 0.15) is 66.7 Å². The molecule has 0 radical (unpaired) electrons. The Hall–Kier alpha value is -3.46. The molecule has 9 heteroatoms. The van der Waals surface area contributed by atoms with Crippen LogP contribution in [-0.4, -0.2) is 38.9 Å². The molecule has 1 aliphatic rings. The average molecular weight is 495 g/mol. The molecule has 2 amide bonds. The lowest BCUT2D eigenvalue weighted by atomic mass is 9.82. The summed E-state index contributed by atoms with van der Waals surface area (Å²) in [5.74, 6) is -0.619. The molecule has 0 aliphatic heterocycles. The third kappa shape index (κ3) is 5.45. The van der Waals surface area contributed by atoms with Crippen molar-refractivity contribution in [1.82, 2.24) is 9.97 Å². The summed E-state index contributed by atoms with van der Waals surface area (Å²) in [4.78, 5) is 47.1. The summed E-state index contributed by atoms with van der Waals surface area (Å²) in [5, 5.41) is 12.7. The van der Waals surface area contributed by atoms with Crippen LogP contribution in [0.3, 0.4) is 0 Å². The molecule has 1 saturated carbocycles. The van der Waals surface area contributed by atoms with Gasteiger partial charge in [-0.2, -0.15) is 0 Å². The molecule has 3 aromatic rings. The molecule has 2 aromatic heterocycles. The van der Waals surface area contributed by atoms with Crippen molar-refractivity contribution in [1.29, 1.82) is 0 Å². The second kappa shape index (κ2) is 10.4. The van der Waals surface area contributed by atoms with Gasteiger partial charge in [0.2, 0.25) is 5.91 Å². The first-order valence-electron chi connectivity index (χ1n) is 11.9. The predicted octanol–water partition coefficient (Wildman–Crippen LogP) is 5.66. The SMILES string of the molecule is CC(C)N(c1cc(-c2ccc(NC(=O)c3ncc[nH]3)cc2)sc1C(=O)O)C(=O)[C@H]1CC[C@H](C)CC1. The number of nitrogens with one attached hydrogen (secondary N) is 2. The number of imidazole rings is 1. The highest BCUT2D eigenvalue weighted by molar-refractivity contribution is 7.18. The van der Waals surface area contributed by atoms with Crippen molar-refractivity contribution >= 4 is 40.5 Å². The van der Waals surface area contributed by atoms with E-state index in [1.807, 2.05) is 26.0 Å². The smallest absolute Gasteiger partial charge is 0.348 e. The van der Waals surface area contributed by atoms with E-state index in [1.165, 1.54) is 6.20 Å². The zero-order chi connectivity index (χ0) is 25.1. The van der Waals surface area contributed by atoms with Crippen LogP contribution in [-0.2, 0) is 4.79 Å². The van der Waals surface area contributed by atoms with E-state index in [2.05, 4.69) is 22.2 Å². The highest BCUT2D eigenvalue weighted by atomic mass is 32.1. The van der Waals surface area contributed by atoms with E-state index in [0.717, 1.165) is 47.5 Å². The number of carbonyl (C=O) groups excluding carboxylic acids is 2. The number of anilines is 2. The van der Waals surface area contributed by atoms with E-state index < -0.39 is 5.97 Å². The lowest BCUT2D eigenvalue weighted by Gasteiger charge is -2.33. The molecule has 2 heterocycles. The molecule has 0 saturated heterocycles. The number of benzene rings is 1. The van der Waals surface area contributed by atoms with Crippen LogP contribution >= 0.6 is 11.3 Å². The van der Waals surface area contributed by atoms with Gasteiger partial charge in [0.15, 0.2) is 5.82 Å². The molecular formula is C26H30N4O4S. The first-order chi connectivity index (χ1) is 16.7. The Morgan fingerprint density at radius 2 is 1.83 bits per heavy atom. The van der Waals surface area contributed by atoms with Crippen molar-refractivity contribution < 1.29 is 19.5 Å². The molecule has 1 fully saturated rings. The van der Waals surface area contributed by atoms with E-state index in [-0.39, 0.29) is 34.5 Å². The fourth-order valence-corrected chi connectivity index (χ4v) is 5.50. The van der Waals surface area contributed by atoms with E-state index >= 15 is 0 Å². The number of carboxylic acid groups (broad SMARTS) is 1. The van der Waals surface area contributed by atoms with Crippen molar-refractivity contribution in [3.05, 3.63) is 53.4 Å². The molecule has 0 unspecified atom stereocenters. The van der Waals surface area contributed by atoms with Gasteiger partial charge in [0.05, 0.1) is 5.69 Å². The number of thiophene rings is 1. The number of rotatable bonds is 7. The zero-order valence-electron chi connectivity index (χ0n) is 20.1. The topological polar surface area (TPSA) is 115 Å². The van der Waals surface area contributed by atoms with Crippen LogP contribution in [0.4, 0.5) is 11.4 Å². The van der Waals surface area contributed by atoms with E-state index in [0.29, 0.717) is 17.3 Å². The van der Waals surface area contributed by atoms with Crippen molar-refractivity contribution in [3.63, 3.8) is 0 Å². The Labute approximate surface area is 208 Å². The Kier molecular flexibility index (Phi) is 7.35. The summed E-state index contributed by atoms with van der Waals surface area (Å²) < 4.78 is 0. The van der Waals surface area contributed by atoms with E-state index in [9.17, 15) is 19.5 Å². The van der Waals surface area contributed by atoms with E-state index in [1.54, 1.807) is 29.3 Å². The fourth-order valence-electron chi connectivity index (χ4n) is 4.51. The van der Waals surface area contributed by atoms with Gasteiger partial charge < -0.3 is 20.3 Å². The normalized spacial score (nSPS) is 17.8.